The monoisotopic (exact) mass is 465 g/mol. The lowest BCUT2D eigenvalue weighted by molar-refractivity contribution is 0.282. The molecule has 0 saturated carbocycles. The summed E-state index contributed by atoms with van der Waals surface area (Å²) >= 11 is 0. The highest BCUT2D eigenvalue weighted by Gasteiger charge is 2.09. The molecule has 0 aromatic heterocycles. The molecule has 0 aliphatic rings. The summed E-state index contributed by atoms with van der Waals surface area (Å²) < 4.78 is 6.11. The third-order valence-electron chi connectivity index (χ3n) is 5.70. The molecule has 0 spiro atoms. The number of azo groups is 2. The van der Waals surface area contributed by atoms with Crippen molar-refractivity contribution < 1.29 is 4.74 Å². The van der Waals surface area contributed by atoms with Crippen molar-refractivity contribution in [1.82, 2.24) is 4.90 Å². The fourth-order valence-corrected chi connectivity index (χ4v) is 3.72. The Morgan fingerprint density at radius 1 is 0.714 bits per heavy atom. The quantitative estimate of drug-likeness (QED) is 0.183. The molecule has 4 aromatic rings. The van der Waals surface area contributed by atoms with Gasteiger partial charge >= 0.3 is 0 Å². The Hall–Kier alpha value is -3.90. The minimum atomic E-state index is 0.624. The van der Waals surface area contributed by atoms with E-state index >= 15 is 0 Å². The summed E-state index contributed by atoms with van der Waals surface area (Å²) in [6, 6.07) is 25.9. The van der Waals surface area contributed by atoms with Crippen molar-refractivity contribution in [2.45, 2.75) is 20.3 Å². The van der Waals surface area contributed by atoms with Crippen LogP contribution in [0.2, 0.25) is 0 Å². The first-order chi connectivity index (χ1) is 17.0. The van der Waals surface area contributed by atoms with Crippen LogP contribution in [-0.2, 0) is 0 Å². The van der Waals surface area contributed by atoms with Gasteiger partial charge in [0, 0.05) is 11.9 Å². The third-order valence-corrected chi connectivity index (χ3v) is 5.70. The predicted molar refractivity (Wildman–Crippen MR) is 143 cm³/mol. The molecule has 0 fully saturated rings. The van der Waals surface area contributed by atoms with E-state index in [1.807, 2.05) is 74.5 Å². The number of ether oxygens (including phenoxy) is 1. The second-order valence-electron chi connectivity index (χ2n) is 8.80. The molecule has 0 bridgehead atoms. The Labute approximate surface area is 207 Å². The van der Waals surface area contributed by atoms with Crippen LogP contribution < -0.4 is 4.74 Å². The summed E-state index contributed by atoms with van der Waals surface area (Å²) in [4.78, 5) is 2.15. The highest BCUT2D eigenvalue weighted by molar-refractivity contribution is 5.95. The maximum absolute atomic E-state index is 6.11. The van der Waals surface area contributed by atoms with Gasteiger partial charge in [0.05, 0.1) is 23.7 Å². The lowest BCUT2D eigenvalue weighted by Gasteiger charge is -2.13. The fourth-order valence-electron chi connectivity index (χ4n) is 3.72. The molecule has 0 aliphatic heterocycles. The summed E-state index contributed by atoms with van der Waals surface area (Å²) in [5.41, 5.74) is 5.24. The Balaban J connectivity index is 1.57. The van der Waals surface area contributed by atoms with Gasteiger partial charge in [-0.3, -0.25) is 0 Å². The van der Waals surface area contributed by atoms with Crippen LogP contribution in [0.4, 0.5) is 22.7 Å². The molecule has 0 aliphatic carbocycles. The van der Waals surface area contributed by atoms with E-state index < -0.39 is 0 Å². The second kappa shape index (κ2) is 11.5. The van der Waals surface area contributed by atoms with Gasteiger partial charge in [0.2, 0.25) is 0 Å². The number of rotatable bonds is 9. The lowest BCUT2D eigenvalue weighted by atomic mass is 10.1. The molecular formula is C29H31N5O. The highest BCUT2D eigenvalue weighted by atomic mass is 16.5. The molecule has 0 atom stereocenters. The first kappa shape index (κ1) is 24.2. The maximum Gasteiger partial charge on any atom is 0.147 e. The summed E-state index contributed by atoms with van der Waals surface area (Å²) in [6.07, 6.45) is 0.939. The van der Waals surface area contributed by atoms with E-state index in [-0.39, 0.29) is 0 Å². The molecule has 6 heteroatoms. The molecule has 4 rings (SSSR count). The zero-order valence-corrected chi connectivity index (χ0v) is 20.8. The summed E-state index contributed by atoms with van der Waals surface area (Å²) in [6.45, 7) is 5.62. The van der Waals surface area contributed by atoms with Crippen LogP contribution in [0, 0.1) is 13.8 Å². The van der Waals surface area contributed by atoms with Crippen LogP contribution >= 0.6 is 0 Å². The summed E-state index contributed by atoms with van der Waals surface area (Å²) in [7, 11) is 4.13. The standard InChI is InChI=1S/C29H31N5O/c1-21-10-5-8-13-26(21)31-30-24-15-16-27(22(2)20-24)32-33-29-25-12-7-6-11-23(25)14-17-28(29)35-19-9-18-34(3)4/h5-8,10-17,20H,9,18-19H2,1-4H3. The first-order valence-electron chi connectivity index (χ1n) is 11.8. The number of fused-ring (bicyclic) bond motifs is 1. The van der Waals surface area contributed by atoms with Crippen LogP contribution in [0.3, 0.4) is 0 Å². The van der Waals surface area contributed by atoms with Gasteiger partial charge in [0.15, 0.2) is 0 Å². The molecule has 178 valence electrons. The van der Waals surface area contributed by atoms with Crippen LogP contribution in [0.5, 0.6) is 5.75 Å². The van der Waals surface area contributed by atoms with E-state index in [0.717, 1.165) is 63.4 Å². The van der Waals surface area contributed by atoms with Crippen LogP contribution in [-0.4, -0.2) is 32.1 Å². The number of aryl methyl sites for hydroxylation is 2. The average molecular weight is 466 g/mol. The topological polar surface area (TPSA) is 61.9 Å². The molecule has 0 saturated heterocycles. The Bertz CT molecular complexity index is 1360. The molecule has 4 aromatic carbocycles. The maximum atomic E-state index is 6.11. The van der Waals surface area contributed by atoms with Gasteiger partial charge in [-0.2, -0.15) is 15.3 Å². The Morgan fingerprint density at radius 2 is 1.46 bits per heavy atom. The smallest absolute Gasteiger partial charge is 0.147 e. The zero-order chi connectivity index (χ0) is 24.6. The van der Waals surface area contributed by atoms with E-state index in [2.05, 4.69) is 57.7 Å². The summed E-state index contributed by atoms with van der Waals surface area (Å²) in [5.74, 6) is 0.743. The molecule has 0 N–H and O–H groups in total. The van der Waals surface area contributed by atoms with E-state index in [1.54, 1.807) is 0 Å². The Morgan fingerprint density at radius 3 is 2.26 bits per heavy atom. The lowest BCUT2D eigenvalue weighted by Crippen LogP contribution is -2.15. The Kier molecular flexibility index (Phi) is 7.95. The van der Waals surface area contributed by atoms with Crippen LogP contribution in [0.25, 0.3) is 10.8 Å². The number of hydrogen-bond acceptors (Lipinski definition) is 6. The number of hydrogen-bond donors (Lipinski definition) is 0. The van der Waals surface area contributed by atoms with Crippen molar-refractivity contribution in [2.75, 3.05) is 27.2 Å². The van der Waals surface area contributed by atoms with Crippen LogP contribution in [0.15, 0.2) is 99.3 Å². The van der Waals surface area contributed by atoms with E-state index in [1.165, 1.54) is 0 Å². The highest BCUT2D eigenvalue weighted by Crippen LogP contribution is 2.37. The fraction of sp³-hybridized carbons (Fsp3) is 0.241. The molecule has 35 heavy (non-hydrogen) atoms. The van der Waals surface area contributed by atoms with E-state index in [9.17, 15) is 0 Å². The van der Waals surface area contributed by atoms with Gasteiger partial charge in [-0.1, -0.05) is 48.5 Å². The number of benzene rings is 4. The average Bonchev–Trinajstić information content (AvgIpc) is 2.86. The molecule has 0 heterocycles. The molecule has 0 unspecified atom stereocenters. The number of nitrogens with zero attached hydrogens (tertiary/aromatic N) is 5. The van der Waals surface area contributed by atoms with Gasteiger partial charge in [-0.15, -0.1) is 5.11 Å². The first-order valence-corrected chi connectivity index (χ1v) is 11.8. The van der Waals surface area contributed by atoms with Crippen LogP contribution in [0.1, 0.15) is 17.5 Å². The van der Waals surface area contributed by atoms with Gasteiger partial charge in [0.1, 0.15) is 11.4 Å². The van der Waals surface area contributed by atoms with Gasteiger partial charge in [-0.25, -0.2) is 0 Å². The normalized spacial score (nSPS) is 11.8. The van der Waals surface area contributed by atoms with Gasteiger partial charge in [-0.05, 0) is 81.2 Å². The SMILES string of the molecule is Cc1ccccc1N=Nc1ccc(N=Nc2c(OCCCN(C)C)ccc3ccccc23)c(C)c1. The third kappa shape index (κ3) is 6.37. The van der Waals surface area contributed by atoms with Crippen molar-refractivity contribution in [3.05, 3.63) is 90.0 Å². The van der Waals surface area contributed by atoms with E-state index in [0.29, 0.717) is 6.61 Å². The molecular weight excluding hydrogens is 434 g/mol. The predicted octanol–water partition coefficient (Wildman–Crippen LogP) is 8.62. The van der Waals surface area contributed by atoms with Crippen molar-refractivity contribution in [1.29, 1.82) is 0 Å². The van der Waals surface area contributed by atoms with Gasteiger partial charge in [0.25, 0.3) is 0 Å². The molecule has 6 nitrogen and oxygen atoms in total. The van der Waals surface area contributed by atoms with Gasteiger partial charge < -0.3 is 9.64 Å². The van der Waals surface area contributed by atoms with Crippen molar-refractivity contribution >= 4 is 33.5 Å². The minimum absolute atomic E-state index is 0.624. The van der Waals surface area contributed by atoms with E-state index in [4.69, 9.17) is 4.74 Å². The van der Waals surface area contributed by atoms with Crippen molar-refractivity contribution in [3.8, 4) is 5.75 Å². The minimum Gasteiger partial charge on any atom is -0.491 e. The largest absolute Gasteiger partial charge is 0.491 e. The van der Waals surface area contributed by atoms with Crippen molar-refractivity contribution in [3.63, 3.8) is 0 Å². The van der Waals surface area contributed by atoms with Crippen molar-refractivity contribution in [2.24, 2.45) is 20.5 Å². The zero-order valence-electron chi connectivity index (χ0n) is 20.8. The summed E-state index contributed by atoms with van der Waals surface area (Å²) in [5, 5.41) is 20.1. The molecule has 0 radical (unpaired) electrons. The second-order valence-corrected chi connectivity index (χ2v) is 8.80. The molecule has 0 amide bonds.